The van der Waals surface area contributed by atoms with Gasteiger partial charge in [0.2, 0.25) is 5.91 Å². The van der Waals surface area contributed by atoms with Crippen LogP contribution >= 0.6 is 0 Å². The van der Waals surface area contributed by atoms with E-state index in [2.05, 4.69) is 11.4 Å². The maximum absolute atomic E-state index is 12.2. The fraction of sp³-hybridized carbons (Fsp3) is 0.579. The van der Waals surface area contributed by atoms with Gasteiger partial charge >= 0.3 is 0 Å². The number of amides is 1. The first-order chi connectivity index (χ1) is 11.9. The number of ether oxygens (including phenoxy) is 2. The predicted octanol–water partition coefficient (Wildman–Crippen LogP) is 1.99. The maximum Gasteiger partial charge on any atom is 0.235 e. The lowest BCUT2D eigenvalue weighted by atomic mass is 9.98. The van der Waals surface area contributed by atoms with Gasteiger partial charge in [0, 0.05) is 6.54 Å². The molecule has 1 aromatic carbocycles. The lowest BCUT2D eigenvalue weighted by molar-refractivity contribution is -0.123. The summed E-state index contributed by atoms with van der Waals surface area (Å²) in [7, 11) is 5.13. The smallest absolute Gasteiger partial charge is 0.235 e. The molecule has 6 nitrogen and oxygen atoms in total. The van der Waals surface area contributed by atoms with Crippen LogP contribution in [0.5, 0.6) is 11.5 Å². The van der Waals surface area contributed by atoms with Crippen molar-refractivity contribution in [2.75, 3.05) is 34.4 Å². The van der Waals surface area contributed by atoms with Gasteiger partial charge in [0.1, 0.15) is 5.54 Å². The van der Waals surface area contributed by atoms with Gasteiger partial charge in [-0.3, -0.25) is 9.69 Å². The van der Waals surface area contributed by atoms with Crippen LogP contribution < -0.4 is 14.8 Å². The van der Waals surface area contributed by atoms with Gasteiger partial charge in [0.25, 0.3) is 0 Å². The molecule has 0 radical (unpaired) electrons. The van der Waals surface area contributed by atoms with Crippen LogP contribution in [0.25, 0.3) is 0 Å². The minimum absolute atomic E-state index is 0.106. The van der Waals surface area contributed by atoms with E-state index in [1.165, 1.54) is 0 Å². The summed E-state index contributed by atoms with van der Waals surface area (Å²) in [5.41, 5.74) is 0.381. The van der Waals surface area contributed by atoms with Crippen LogP contribution in [0.1, 0.15) is 25.3 Å². The molecule has 1 saturated carbocycles. The lowest BCUT2D eigenvalue weighted by Gasteiger charge is -2.25. The summed E-state index contributed by atoms with van der Waals surface area (Å²) < 4.78 is 10.5. The van der Waals surface area contributed by atoms with E-state index in [0.29, 0.717) is 17.4 Å². The highest BCUT2D eigenvalue weighted by Gasteiger charge is 2.42. The Morgan fingerprint density at radius 3 is 2.60 bits per heavy atom. The molecule has 136 valence electrons. The summed E-state index contributed by atoms with van der Waals surface area (Å²) in [6.45, 7) is 2.82. The van der Waals surface area contributed by atoms with Crippen molar-refractivity contribution in [3.8, 4) is 17.6 Å². The van der Waals surface area contributed by atoms with Crippen molar-refractivity contribution in [3.63, 3.8) is 0 Å². The van der Waals surface area contributed by atoms with Crippen molar-refractivity contribution >= 4 is 5.91 Å². The number of carbonyl (C=O) groups is 1. The Labute approximate surface area is 149 Å². The van der Waals surface area contributed by atoms with Crippen LogP contribution in [-0.2, 0) is 11.2 Å². The van der Waals surface area contributed by atoms with Crippen LogP contribution in [0.2, 0.25) is 0 Å². The van der Waals surface area contributed by atoms with Crippen molar-refractivity contribution in [2.24, 2.45) is 5.92 Å². The zero-order valence-corrected chi connectivity index (χ0v) is 15.5. The zero-order valence-electron chi connectivity index (χ0n) is 15.5. The quantitative estimate of drug-likeness (QED) is 0.741. The van der Waals surface area contributed by atoms with Crippen molar-refractivity contribution in [1.82, 2.24) is 10.2 Å². The molecular weight excluding hydrogens is 318 g/mol. The number of carbonyl (C=O) groups excluding carboxylic acids is 1. The second-order valence-corrected chi connectivity index (χ2v) is 6.81. The topological polar surface area (TPSA) is 74.6 Å². The minimum Gasteiger partial charge on any atom is -0.493 e. The highest BCUT2D eigenvalue weighted by Crippen LogP contribution is 2.39. The van der Waals surface area contributed by atoms with Crippen LogP contribution in [0.15, 0.2) is 18.2 Å². The van der Waals surface area contributed by atoms with Crippen LogP contribution in [-0.4, -0.2) is 50.7 Å². The van der Waals surface area contributed by atoms with Gasteiger partial charge in [-0.2, -0.15) is 5.26 Å². The van der Waals surface area contributed by atoms with Crippen LogP contribution in [0, 0.1) is 17.2 Å². The highest BCUT2D eigenvalue weighted by atomic mass is 16.5. The zero-order chi connectivity index (χ0) is 18.4. The first-order valence-electron chi connectivity index (χ1n) is 8.53. The normalized spacial score (nSPS) is 16.0. The number of nitrogens with zero attached hydrogens (tertiary/aromatic N) is 2. The van der Waals surface area contributed by atoms with E-state index in [1.54, 1.807) is 14.2 Å². The number of hydrogen-bond donors (Lipinski definition) is 1. The molecule has 2 rings (SSSR count). The maximum atomic E-state index is 12.2. The Kier molecular flexibility index (Phi) is 6.27. The molecule has 0 heterocycles. The summed E-state index contributed by atoms with van der Waals surface area (Å²) in [4.78, 5) is 14.2. The molecule has 0 bridgehead atoms. The molecule has 1 amide bonds. The molecule has 0 aliphatic heterocycles. The molecule has 25 heavy (non-hydrogen) atoms. The molecule has 1 aromatic rings. The third kappa shape index (κ3) is 5.10. The SMILES string of the molecule is COc1ccc(CCN(C)CC(=O)N[C@@](C)(C#N)C2CC2)cc1OC. The van der Waals surface area contributed by atoms with Gasteiger partial charge < -0.3 is 14.8 Å². The van der Waals surface area contributed by atoms with E-state index >= 15 is 0 Å². The fourth-order valence-corrected chi connectivity index (χ4v) is 2.89. The average molecular weight is 345 g/mol. The molecule has 1 N–H and O–H groups in total. The average Bonchev–Trinajstić information content (AvgIpc) is 3.44. The number of nitriles is 1. The third-order valence-corrected chi connectivity index (χ3v) is 4.67. The third-order valence-electron chi connectivity index (χ3n) is 4.67. The Morgan fingerprint density at radius 1 is 1.36 bits per heavy atom. The summed E-state index contributed by atoms with van der Waals surface area (Å²) in [5, 5.41) is 12.2. The first-order valence-corrected chi connectivity index (χ1v) is 8.53. The number of hydrogen-bond acceptors (Lipinski definition) is 5. The fourth-order valence-electron chi connectivity index (χ4n) is 2.89. The van der Waals surface area contributed by atoms with Crippen molar-refractivity contribution in [1.29, 1.82) is 5.26 Å². The summed E-state index contributed by atoms with van der Waals surface area (Å²) >= 11 is 0. The molecular formula is C19H27N3O3. The van der Waals surface area contributed by atoms with Crippen molar-refractivity contribution < 1.29 is 14.3 Å². The van der Waals surface area contributed by atoms with Gasteiger partial charge in [-0.15, -0.1) is 0 Å². The Hall–Kier alpha value is -2.26. The Balaban J connectivity index is 1.83. The number of nitrogens with one attached hydrogen (secondary N) is 1. The molecule has 1 atom stereocenters. The molecule has 0 saturated heterocycles. The first kappa shape index (κ1) is 19.1. The molecule has 1 aliphatic rings. The molecule has 6 heteroatoms. The van der Waals surface area contributed by atoms with E-state index in [1.807, 2.05) is 37.1 Å². The van der Waals surface area contributed by atoms with E-state index in [9.17, 15) is 10.1 Å². The largest absolute Gasteiger partial charge is 0.493 e. The van der Waals surface area contributed by atoms with Crippen LogP contribution in [0.3, 0.4) is 0 Å². The van der Waals surface area contributed by atoms with Gasteiger partial charge in [-0.1, -0.05) is 6.07 Å². The summed E-state index contributed by atoms with van der Waals surface area (Å²) in [6.07, 6.45) is 2.82. The van der Waals surface area contributed by atoms with Crippen LogP contribution in [0.4, 0.5) is 0 Å². The molecule has 1 fully saturated rings. The van der Waals surface area contributed by atoms with E-state index in [4.69, 9.17) is 9.47 Å². The van der Waals surface area contributed by atoms with E-state index in [-0.39, 0.29) is 12.5 Å². The summed E-state index contributed by atoms with van der Waals surface area (Å²) in [5.74, 6) is 1.59. The number of rotatable bonds is 9. The Bertz CT molecular complexity index is 652. The minimum atomic E-state index is -0.735. The van der Waals surface area contributed by atoms with Crippen molar-refractivity contribution in [3.05, 3.63) is 23.8 Å². The lowest BCUT2D eigenvalue weighted by Crippen LogP contribution is -2.49. The van der Waals surface area contributed by atoms with E-state index < -0.39 is 5.54 Å². The van der Waals surface area contributed by atoms with Gasteiger partial charge in [-0.05, 0) is 56.8 Å². The molecule has 1 aliphatic carbocycles. The number of benzene rings is 1. The number of likely N-dealkylation sites (N-methyl/N-ethyl adjacent to an activating group) is 1. The molecule has 0 spiro atoms. The number of methoxy groups -OCH3 is 2. The highest BCUT2D eigenvalue weighted by molar-refractivity contribution is 5.79. The van der Waals surface area contributed by atoms with Gasteiger partial charge in [0.05, 0.1) is 26.8 Å². The predicted molar refractivity (Wildman–Crippen MR) is 95.6 cm³/mol. The molecule has 0 aromatic heterocycles. The van der Waals surface area contributed by atoms with Crippen molar-refractivity contribution in [2.45, 2.75) is 31.7 Å². The van der Waals surface area contributed by atoms with E-state index in [0.717, 1.165) is 31.4 Å². The van der Waals surface area contributed by atoms with Gasteiger partial charge in [0.15, 0.2) is 11.5 Å². The monoisotopic (exact) mass is 345 g/mol. The standard InChI is InChI=1S/C19H27N3O3/c1-19(13-20,15-6-7-15)21-18(23)12-22(2)10-9-14-5-8-16(24-3)17(11-14)25-4/h5,8,11,15H,6-7,9-10,12H2,1-4H3,(H,21,23)/t19-/m0/s1. The second-order valence-electron chi connectivity index (χ2n) is 6.81. The Morgan fingerprint density at radius 2 is 2.04 bits per heavy atom. The molecule has 0 unspecified atom stereocenters. The second kappa shape index (κ2) is 8.21. The summed E-state index contributed by atoms with van der Waals surface area (Å²) in [6, 6.07) is 8.08. The van der Waals surface area contributed by atoms with Gasteiger partial charge in [-0.25, -0.2) is 0 Å².